The third-order valence-electron chi connectivity index (χ3n) is 3.25. The second kappa shape index (κ2) is 4.79. The zero-order valence-electron chi connectivity index (χ0n) is 10.6. The molecule has 0 aliphatic heterocycles. The molecule has 0 radical (unpaired) electrons. The van der Waals surface area contributed by atoms with Crippen LogP contribution in [0.4, 0.5) is 0 Å². The number of carbonyl (C=O) groups is 1. The summed E-state index contributed by atoms with van der Waals surface area (Å²) < 4.78 is 0. The van der Waals surface area contributed by atoms with Crippen molar-refractivity contribution in [3.05, 3.63) is 34.9 Å². The van der Waals surface area contributed by atoms with Crippen LogP contribution in [0.1, 0.15) is 30.5 Å². The van der Waals surface area contributed by atoms with E-state index in [1.807, 2.05) is 45.9 Å². The maximum atomic E-state index is 12.1. The second-order valence-electron chi connectivity index (χ2n) is 5.06. The molecule has 0 saturated heterocycles. The summed E-state index contributed by atoms with van der Waals surface area (Å²) in [4.78, 5) is 12.1. The van der Waals surface area contributed by atoms with Crippen LogP contribution >= 0.6 is 0 Å². The van der Waals surface area contributed by atoms with E-state index >= 15 is 0 Å². The number of nitrogens with two attached hydrogens (primary N) is 1. The molecule has 1 aromatic carbocycles. The zero-order valence-corrected chi connectivity index (χ0v) is 10.6. The Morgan fingerprint density at radius 2 is 1.75 bits per heavy atom. The summed E-state index contributed by atoms with van der Waals surface area (Å²) in [7, 11) is 0. The van der Waals surface area contributed by atoms with Crippen molar-refractivity contribution >= 4 is 5.78 Å². The molecule has 2 N–H and O–H groups in total. The van der Waals surface area contributed by atoms with Crippen molar-refractivity contribution in [3.63, 3.8) is 0 Å². The molecule has 0 fully saturated rings. The van der Waals surface area contributed by atoms with Gasteiger partial charge in [-0.05, 0) is 30.5 Å². The number of hydrogen-bond donors (Lipinski definition) is 1. The molecular formula is C14H21NO. The van der Waals surface area contributed by atoms with E-state index in [9.17, 15) is 4.79 Å². The molecule has 0 aliphatic rings. The molecule has 0 atom stereocenters. The molecule has 0 spiro atoms. The Balaban J connectivity index is 2.94. The van der Waals surface area contributed by atoms with Crippen LogP contribution in [0.3, 0.4) is 0 Å². The molecule has 0 heterocycles. The monoisotopic (exact) mass is 219 g/mol. The van der Waals surface area contributed by atoms with E-state index in [1.165, 1.54) is 11.1 Å². The highest BCUT2D eigenvalue weighted by molar-refractivity contribution is 5.86. The number of benzene rings is 1. The topological polar surface area (TPSA) is 43.1 Å². The Kier molecular flexibility index (Phi) is 3.87. The molecule has 16 heavy (non-hydrogen) atoms. The van der Waals surface area contributed by atoms with Gasteiger partial charge >= 0.3 is 0 Å². The Bertz CT molecular complexity index is 373. The SMILES string of the molecule is Cc1cccc(C)c1CC(=O)C(C)(C)CN. The van der Waals surface area contributed by atoms with Crippen molar-refractivity contribution in [2.24, 2.45) is 11.1 Å². The number of aryl methyl sites for hydroxylation is 2. The minimum Gasteiger partial charge on any atom is -0.329 e. The van der Waals surface area contributed by atoms with E-state index in [2.05, 4.69) is 0 Å². The van der Waals surface area contributed by atoms with Gasteiger partial charge in [0.05, 0.1) is 0 Å². The lowest BCUT2D eigenvalue weighted by molar-refractivity contribution is -0.125. The average molecular weight is 219 g/mol. The van der Waals surface area contributed by atoms with Gasteiger partial charge in [-0.1, -0.05) is 32.0 Å². The van der Waals surface area contributed by atoms with Crippen LogP contribution in [0.5, 0.6) is 0 Å². The van der Waals surface area contributed by atoms with Gasteiger partial charge in [0.25, 0.3) is 0 Å². The van der Waals surface area contributed by atoms with E-state index in [-0.39, 0.29) is 5.78 Å². The Labute approximate surface area is 97.9 Å². The molecule has 1 rings (SSSR count). The largest absolute Gasteiger partial charge is 0.329 e. The summed E-state index contributed by atoms with van der Waals surface area (Å²) in [6.07, 6.45) is 0.489. The van der Waals surface area contributed by atoms with Gasteiger partial charge in [-0.3, -0.25) is 4.79 Å². The van der Waals surface area contributed by atoms with Gasteiger partial charge in [0.1, 0.15) is 5.78 Å². The normalized spacial score (nSPS) is 11.6. The van der Waals surface area contributed by atoms with Crippen LogP contribution in [0, 0.1) is 19.3 Å². The van der Waals surface area contributed by atoms with Crippen molar-refractivity contribution < 1.29 is 4.79 Å². The maximum Gasteiger partial charge on any atom is 0.144 e. The first-order valence-corrected chi connectivity index (χ1v) is 5.67. The standard InChI is InChI=1S/C14H21NO/c1-10-6-5-7-11(2)12(10)8-13(16)14(3,4)9-15/h5-7H,8-9,15H2,1-4H3. The number of Topliss-reactive ketones (excluding diaryl/α,β-unsaturated/α-hetero) is 1. The molecule has 2 heteroatoms. The smallest absolute Gasteiger partial charge is 0.144 e. The van der Waals surface area contributed by atoms with Crippen LogP contribution in [-0.4, -0.2) is 12.3 Å². The van der Waals surface area contributed by atoms with E-state index in [4.69, 9.17) is 5.73 Å². The summed E-state index contributed by atoms with van der Waals surface area (Å²) in [5.41, 5.74) is 8.70. The second-order valence-corrected chi connectivity index (χ2v) is 5.06. The highest BCUT2D eigenvalue weighted by atomic mass is 16.1. The fourth-order valence-corrected chi connectivity index (χ4v) is 1.64. The first-order valence-electron chi connectivity index (χ1n) is 5.67. The van der Waals surface area contributed by atoms with Gasteiger partial charge in [0, 0.05) is 18.4 Å². The molecule has 0 aromatic heterocycles. The number of ketones is 1. The molecule has 0 bridgehead atoms. The minimum atomic E-state index is -0.422. The van der Waals surface area contributed by atoms with Gasteiger partial charge in [0.2, 0.25) is 0 Å². The predicted octanol–water partition coefficient (Wildman–Crippen LogP) is 2.40. The summed E-state index contributed by atoms with van der Waals surface area (Å²) in [6, 6.07) is 6.11. The lowest BCUT2D eigenvalue weighted by Crippen LogP contribution is -2.34. The number of rotatable bonds is 4. The van der Waals surface area contributed by atoms with Gasteiger partial charge in [-0.15, -0.1) is 0 Å². The first kappa shape index (κ1) is 12.9. The van der Waals surface area contributed by atoms with Gasteiger partial charge in [-0.25, -0.2) is 0 Å². The van der Waals surface area contributed by atoms with Crippen LogP contribution < -0.4 is 5.73 Å². The summed E-state index contributed by atoms with van der Waals surface area (Å²) in [5.74, 6) is 0.215. The van der Waals surface area contributed by atoms with Crippen molar-refractivity contribution in [2.45, 2.75) is 34.1 Å². The quantitative estimate of drug-likeness (QED) is 0.845. The van der Waals surface area contributed by atoms with E-state index in [0.717, 1.165) is 5.56 Å². The zero-order chi connectivity index (χ0) is 12.3. The highest BCUT2D eigenvalue weighted by Gasteiger charge is 2.26. The fourth-order valence-electron chi connectivity index (χ4n) is 1.64. The third-order valence-corrected chi connectivity index (χ3v) is 3.25. The van der Waals surface area contributed by atoms with Crippen LogP contribution in [0.15, 0.2) is 18.2 Å². The van der Waals surface area contributed by atoms with Crippen molar-refractivity contribution in [1.82, 2.24) is 0 Å². The van der Waals surface area contributed by atoms with Crippen LogP contribution in [0.2, 0.25) is 0 Å². The third kappa shape index (κ3) is 2.70. The van der Waals surface area contributed by atoms with Crippen molar-refractivity contribution in [2.75, 3.05) is 6.54 Å². The molecular weight excluding hydrogens is 198 g/mol. The Hall–Kier alpha value is -1.15. The molecule has 1 aromatic rings. The van der Waals surface area contributed by atoms with Crippen LogP contribution in [-0.2, 0) is 11.2 Å². The minimum absolute atomic E-state index is 0.215. The van der Waals surface area contributed by atoms with Gasteiger partial charge in [-0.2, -0.15) is 0 Å². The van der Waals surface area contributed by atoms with Gasteiger partial charge in [0.15, 0.2) is 0 Å². The predicted molar refractivity (Wildman–Crippen MR) is 67.5 cm³/mol. The lowest BCUT2D eigenvalue weighted by atomic mass is 9.83. The first-order chi connectivity index (χ1) is 7.38. The van der Waals surface area contributed by atoms with Crippen molar-refractivity contribution in [3.8, 4) is 0 Å². The molecule has 2 nitrogen and oxygen atoms in total. The Morgan fingerprint density at radius 3 is 2.19 bits per heavy atom. The summed E-state index contributed by atoms with van der Waals surface area (Å²) in [6.45, 7) is 8.30. The Morgan fingerprint density at radius 1 is 1.25 bits per heavy atom. The number of hydrogen-bond acceptors (Lipinski definition) is 2. The summed E-state index contributed by atoms with van der Waals surface area (Å²) >= 11 is 0. The van der Waals surface area contributed by atoms with E-state index < -0.39 is 5.41 Å². The summed E-state index contributed by atoms with van der Waals surface area (Å²) in [5, 5.41) is 0. The molecule has 0 unspecified atom stereocenters. The van der Waals surface area contributed by atoms with Crippen LogP contribution in [0.25, 0.3) is 0 Å². The molecule has 0 amide bonds. The number of carbonyl (C=O) groups excluding carboxylic acids is 1. The average Bonchev–Trinajstić information content (AvgIpc) is 2.23. The molecule has 0 saturated carbocycles. The fraction of sp³-hybridized carbons (Fsp3) is 0.500. The van der Waals surface area contributed by atoms with E-state index in [1.54, 1.807) is 0 Å². The molecule has 0 aliphatic carbocycles. The molecule has 88 valence electrons. The van der Waals surface area contributed by atoms with Crippen molar-refractivity contribution in [1.29, 1.82) is 0 Å². The maximum absolute atomic E-state index is 12.1. The van der Waals surface area contributed by atoms with E-state index in [0.29, 0.717) is 13.0 Å². The van der Waals surface area contributed by atoms with Gasteiger partial charge < -0.3 is 5.73 Å². The lowest BCUT2D eigenvalue weighted by Gasteiger charge is -2.21. The highest BCUT2D eigenvalue weighted by Crippen LogP contribution is 2.21.